The average molecular weight is 459 g/mol. The monoisotopic (exact) mass is 458 g/mol. The normalized spacial score (nSPS) is 16.6. The molecule has 0 saturated carbocycles. The third-order valence-electron chi connectivity index (χ3n) is 6.08. The average Bonchev–Trinajstić information content (AvgIpc) is 3.38. The summed E-state index contributed by atoms with van der Waals surface area (Å²) < 4.78 is 7.52. The lowest BCUT2D eigenvalue weighted by Gasteiger charge is -2.54. The van der Waals surface area contributed by atoms with Crippen molar-refractivity contribution >= 4 is 27.7 Å². The lowest BCUT2D eigenvalue weighted by atomic mass is 9.87. The highest BCUT2D eigenvalue weighted by Gasteiger charge is 2.50. The molecule has 10 heteroatoms. The molecule has 4 aromatic heterocycles. The van der Waals surface area contributed by atoms with Gasteiger partial charge in [-0.15, -0.1) is 10.2 Å². The maximum absolute atomic E-state index is 9.14. The van der Waals surface area contributed by atoms with Crippen molar-refractivity contribution in [3.05, 3.63) is 42.2 Å². The Bertz CT molecular complexity index is 1390. The molecule has 0 radical (unpaired) electrons. The quantitative estimate of drug-likeness (QED) is 0.484. The molecule has 1 spiro atoms. The second-order valence-electron chi connectivity index (χ2n) is 8.85. The minimum absolute atomic E-state index is 0.0570. The van der Waals surface area contributed by atoms with Crippen molar-refractivity contribution in [2.45, 2.75) is 31.9 Å². The Labute approximate surface area is 194 Å². The lowest BCUT2D eigenvalue weighted by Crippen LogP contribution is -2.68. The van der Waals surface area contributed by atoms with Crippen molar-refractivity contribution in [1.82, 2.24) is 24.8 Å². The van der Waals surface area contributed by atoms with E-state index in [4.69, 9.17) is 15.0 Å². The second kappa shape index (κ2) is 7.50. The number of hydrogen-bond donors (Lipinski definition) is 1. The van der Waals surface area contributed by atoms with Gasteiger partial charge in [0.2, 0.25) is 5.13 Å². The van der Waals surface area contributed by atoms with E-state index in [0.29, 0.717) is 5.56 Å². The Morgan fingerprint density at radius 2 is 2.06 bits per heavy atom. The van der Waals surface area contributed by atoms with Crippen LogP contribution in [0.3, 0.4) is 0 Å². The van der Waals surface area contributed by atoms with Crippen LogP contribution in [0.4, 0.5) is 10.8 Å². The SMILES string of the molecule is CC(C)Nc1cc(-c2ccc3cc(C#N)cnn23)ncc1-c1nnc(N2CC3(CCO3)C2)s1. The maximum atomic E-state index is 9.14. The summed E-state index contributed by atoms with van der Waals surface area (Å²) in [6.45, 7) is 6.84. The van der Waals surface area contributed by atoms with Gasteiger partial charge in [-0.2, -0.15) is 10.4 Å². The van der Waals surface area contributed by atoms with E-state index < -0.39 is 0 Å². The molecule has 0 unspecified atom stereocenters. The fraction of sp³-hybridized carbons (Fsp3) is 0.348. The van der Waals surface area contributed by atoms with Gasteiger partial charge in [0.1, 0.15) is 11.7 Å². The first-order chi connectivity index (χ1) is 16.0. The summed E-state index contributed by atoms with van der Waals surface area (Å²) >= 11 is 1.58. The molecule has 6 rings (SSSR count). The van der Waals surface area contributed by atoms with Gasteiger partial charge in [-0.3, -0.25) is 4.98 Å². The number of pyridine rings is 1. The van der Waals surface area contributed by atoms with Crippen LogP contribution in [-0.4, -0.2) is 56.1 Å². The number of anilines is 2. The zero-order chi connectivity index (χ0) is 22.6. The third kappa shape index (κ3) is 3.41. The molecule has 6 heterocycles. The van der Waals surface area contributed by atoms with Crippen molar-refractivity contribution in [3.8, 4) is 28.0 Å². The largest absolute Gasteiger partial charge is 0.382 e. The molecule has 166 valence electrons. The van der Waals surface area contributed by atoms with Crippen LogP contribution in [-0.2, 0) is 4.74 Å². The molecule has 9 nitrogen and oxygen atoms in total. The molecule has 0 aromatic carbocycles. The Morgan fingerprint density at radius 3 is 2.79 bits per heavy atom. The highest BCUT2D eigenvalue weighted by molar-refractivity contribution is 7.18. The van der Waals surface area contributed by atoms with Gasteiger partial charge in [0, 0.05) is 24.3 Å². The minimum atomic E-state index is 0.0570. The smallest absolute Gasteiger partial charge is 0.208 e. The van der Waals surface area contributed by atoms with Gasteiger partial charge in [-0.25, -0.2) is 4.52 Å². The van der Waals surface area contributed by atoms with Crippen LogP contribution in [0.5, 0.6) is 0 Å². The van der Waals surface area contributed by atoms with Gasteiger partial charge in [-0.1, -0.05) is 11.3 Å². The van der Waals surface area contributed by atoms with Crippen molar-refractivity contribution < 1.29 is 4.74 Å². The van der Waals surface area contributed by atoms with Gasteiger partial charge >= 0.3 is 0 Å². The summed E-state index contributed by atoms with van der Waals surface area (Å²) in [5, 5.41) is 27.7. The number of nitrogens with one attached hydrogen (secondary N) is 1. The molecular weight excluding hydrogens is 436 g/mol. The third-order valence-corrected chi connectivity index (χ3v) is 7.10. The van der Waals surface area contributed by atoms with Crippen LogP contribution in [0.1, 0.15) is 25.8 Å². The summed E-state index contributed by atoms with van der Waals surface area (Å²) in [4.78, 5) is 6.96. The molecule has 2 fully saturated rings. The zero-order valence-electron chi connectivity index (χ0n) is 18.3. The molecule has 2 saturated heterocycles. The van der Waals surface area contributed by atoms with E-state index >= 15 is 0 Å². The van der Waals surface area contributed by atoms with Crippen LogP contribution >= 0.6 is 11.3 Å². The molecular formula is C23H22N8OS. The number of ether oxygens (including phenoxy) is 1. The van der Waals surface area contributed by atoms with E-state index in [-0.39, 0.29) is 11.6 Å². The van der Waals surface area contributed by atoms with Crippen molar-refractivity contribution in [3.63, 3.8) is 0 Å². The molecule has 0 bridgehead atoms. The molecule has 1 N–H and O–H groups in total. The van der Waals surface area contributed by atoms with Crippen molar-refractivity contribution in [2.24, 2.45) is 0 Å². The van der Waals surface area contributed by atoms with Gasteiger partial charge in [0.05, 0.1) is 53.9 Å². The highest BCUT2D eigenvalue weighted by Crippen LogP contribution is 2.42. The van der Waals surface area contributed by atoms with E-state index in [0.717, 1.165) is 64.4 Å². The molecule has 33 heavy (non-hydrogen) atoms. The standard InChI is InChI=1S/C23H22N8OS/c1-14(2)27-18-8-19(20-4-3-16-7-15(9-24)10-26-31(16)20)25-11-17(18)21-28-29-22(33-21)30-12-23(13-30)5-6-32-23/h3-4,7-8,10-11,14H,5-6,12-13H2,1-2H3,(H,25,27). The minimum Gasteiger partial charge on any atom is -0.382 e. The molecule has 0 atom stereocenters. The first-order valence-corrected chi connectivity index (χ1v) is 11.7. The molecule has 2 aliphatic heterocycles. The summed E-state index contributed by atoms with van der Waals surface area (Å²) in [6.07, 6.45) is 4.54. The summed E-state index contributed by atoms with van der Waals surface area (Å²) in [6, 6.07) is 10.1. The predicted octanol–water partition coefficient (Wildman–Crippen LogP) is 3.59. The Morgan fingerprint density at radius 1 is 1.21 bits per heavy atom. The number of aromatic nitrogens is 5. The van der Waals surface area contributed by atoms with Crippen molar-refractivity contribution in [1.29, 1.82) is 5.26 Å². The van der Waals surface area contributed by atoms with Gasteiger partial charge in [0.15, 0.2) is 5.01 Å². The molecule has 0 aliphatic carbocycles. The van der Waals surface area contributed by atoms with E-state index in [1.165, 1.54) is 0 Å². The number of nitriles is 1. The van der Waals surface area contributed by atoms with Crippen LogP contribution in [0, 0.1) is 11.3 Å². The number of nitrogens with zero attached hydrogens (tertiary/aromatic N) is 7. The van der Waals surface area contributed by atoms with E-state index in [1.807, 2.05) is 30.5 Å². The van der Waals surface area contributed by atoms with Crippen LogP contribution < -0.4 is 10.2 Å². The molecule has 0 amide bonds. The van der Waals surface area contributed by atoms with Gasteiger partial charge in [0.25, 0.3) is 0 Å². The lowest BCUT2D eigenvalue weighted by molar-refractivity contribution is -0.160. The Kier molecular flexibility index (Phi) is 4.57. The zero-order valence-corrected chi connectivity index (χ0v) is 19.1. The Balaban J connectivity index is 1.34. The van der Waals surface area contributed by atoms with Crippen molar-refractivity contribution in [2.75, 3.05) is 29.9 Å². The van der Waals surface area contributed by atoms with Crippen LogP contribution in [0.2, 0.25) is 0 Å². The molecule has 2 aliphatic rings. The molecule has 4 aromatic rings. The Hall–Kier alpha value is -3.55. The number of hydrogen-bond acceptors (Lipinski definition) is 9. The maximum Gasteiger partial charge on any atom is 0.208 e. The number of fused-ring (bicyclic) bond motifs is 1. The van der Waals surface area contributed by atoms with E-state index in [9.17, 15) is 0 Å². The summed E-state index contributed by atoms with van der Waals surface area (Å²) in [5.41, 5.74) is 4.96. The summed E-state index contributed by atoms with van der Waals surface area (Å²) in [7, 11) is 0. The van der Waals surface area contributed by atoms with E-state index in [2.05, 4.69) is 45.4 Å². The first-order valence-electron chi connectivity index (χ1n) is 10.9. The summed E-state index contributed by atoms with van der Waals surface area (Å²) in [5.74, 6) is 0. The fourth-order valence-electron chi connectivity index (χ4n) is 4.33. The topological polar surface area (TPSA) is 104 Å². The predicted molar refractivity (Wildman–Crippen MR) is 126 cm³/mol. The fourth-order valence-corrected chi connectivity index (χ4v) is 5.19. The second-order valence-corrected chi connectivity index (χ2v) is 9.81. The first kappa shape index (κ1) is 20.1. The van der Waals surface area contributed by atoms with E-state index in [1.54, 1.807) is 22.0 Å². The highest BCUT2D eigenvalue weighted by atomic mass is 32.1. The van der Waals surface area contributed by atoms with Gasteiger partial charge in [-0.05, 0) is 38.1 Å². The number of rotatable bonds is 5. The van der Waals surface area contributed by atoms with Crippen LogP contribution in [0.25, 0.3) is 27.5 Å². The van der Waals surface area contributed by atoms with Crippen LogP contribution in [0.15, 0.2) is 36.7 Å². The van der Waals surface area contributed by atoms with Gasteiger partial charge < -0.3 is 15.0 Å².